The molecule has 0 aliphatic heterocycles. The molecule has 1 unspecified atom stereocenters. The zero-order valence-electron chi connectivity index (χ0n) is 14.3. The maximum absolute atomic E-state index is 12.9. The van der Waals surface area contributed by atoms with Gasteiger partial charge in [0.25, 0.3) is 12.3 Å². The van der Waals surface area contributed by atoms with E-state index in [4.69, 9.17) is 11.6 Å². The van der Waals surface area contributed by atoms with Crippen LogP contribution in [0.2, 0.25) is 5.02 Å². The molecule has 0 aliphatic rings. The molecule has 0 aliphatic carbocycles. The number of alkyl halides is 2. The Morgan fingerprint density at radius 1 is 1.14 bits per heavy atom. The molecule has 0 spiro atoms. The first-order valence-electron chi connectivity index (χ1n) is 8.39. The van der Waals surface area contributed by atoms with Gasteiger partial charge in [0.15, 0.2) is 5.82 Å². The van der Waals surface area contributed by atoms with Gasteiger partial charge in [0.2, 0.25) is 0 Å². The van der Waals surface area contributed by atoms with Crippen LogP contribution in [0, 0.1) is 0 Å². The summed E-state index contributed by atoms with van der Waals surface area (Å²) in [6.07, 6.45) is -2.70. The normalized spacial score (nSPS) is 12.4. The van der Waals surface area contributed by atoms with Crippen molar-refractivity contribution in [1.82, 2.24) is 15.3 Å². The Balaban J connectivity index is 1.64. The van der Waals surface area contributed by atoms with Crippen molar-refractivity contribution < 1.29 is 13.6 Å². The molecule has 0 bridgehead atoms. The molecule has 0 saturated carbocycles. The van der Waals surface area contributed by atoms with Crippen molar-refractivity contribution in [3.8, 4) is 0 Å². The third kappa shape index (κ3) is 3.76. The second-order valence-corrected chi connectivity index (χ2v) is 7.54. The summed E-state index contributed by atoms with van der Waals surface area (Å²) >= 11 is 7.50. The number of aromatic amines is 1. The number of hydrogen-bond donors (Lipinski definition) is 2. The summed E-state index contributed by atoms with van der Waals surface area (Å²) in [6.45, 7) is 0. The van der Waals surface area contributed by atoms with Crippen molar-refractivity contribution in [3.05, 3.63) is 86.8 Å². The summed E-state index contributed by atoms with van der Waals surface area (Å²) < 4.78 is 25.7. The van der Waals surface area contributed by atoms with Gasteiger partial charge in [-0.25, -0.2) is 13.8 Å². The van der Waals surface area contributed by atoms with E-state index in [1.54, 1.807) is 24.3 Å². The monoisotopic (exact) mass is 417 g/mol. The van der Waals surface area contributed by atoms with Crippen LogP contribution in [-0.4, -0.2) is 15.9 Å². The van der Waals surface area contributed by atoms with E-state index in [1.807, 2.05) is 29.6 Å². The highest BCUT2D eigenvalue weighted by atomic mass is 35.5. The standard InChI is InChI=1S/C20H14ClF2N3OS/c21-13-6-3-11(4-7-13)17(16-2-1-9-28-16)26-20(27)12-5-8-14-15(10-12)25-19(24-14)18(22)23/h1-10,17-18H,(H,24,25)(H,26,27). The highest BCUT2D eigenvalue weighted by molar-refractivity contribution is 7.10. The maximum Gasteiger partial charge on any atom is 0.295 e. The van der Waals surface area contributed by atoms with Gasteiger partial charge in [0, 0.05) is 15.5 Å². The van der Waals surface area contributed by atoms with Gasteiger partial charge in [0.05, 0.1) is 17.1 Å². The fraction of sp³-hybridized carbons (Fsp3) is 0.100. The number of benzene rings is 2. The number of aromatic nitrogens is 2. The largest absolute Gasteiger partial charge is 0.340 e. The lowest BCUT2D eigenvalue weighted by atomic mass is 10.0. The average Bonchev–Trinajstić information content (AvgIpc) is 3.36. The van der Waals surface area contributed by atoms with E-state index in [2.05, 4.69) is 15.3 Å². The van der Waals surface area contributed by atoms with Crippen LogP contribution in [0.4, 0.5) is 8.78 Å². The summed E-state index contributed by atoms with van der Waals surface area (Å²) in [6, 6.07) is 15.4. The number of thiophene rings is 1. The van der Waals surface area contributed by atoms with E-state index in [-0.39, 0.29) is 11.9 Å². The van der Waals surface area contributed by atoms with E-state index in [9.17, 15) is 13.6 Å². The number of carbonyl (C=O) groups is 1. The summed E-state index contributed by atoms with van der Waals surface area (Å²) in [4.78, 5) is 20.2. The lowest BCUT2D eigenvalue weighted by molar-refractivity contribution is 0.0943. The average molecular weight is 418 g/mol. The quantitative estimate of drug-likeness (QED) is 0.435. The molecule has 2 aromatic heterocycles. The van der Waals surface area contributed by atoms with Gasteiger partial charge < -0.3 is 10.3 Å². The number of halogens is 3. The third-order valence-electron chi connectivity index (χ3n) is 4.28. The Bertz CT molecular complexity index is 1110. The third-order valence-corrected chi connectivity index (χ3v) is 5.46. The number of H-pyrrole nitrogens is 1. The number of fused-ring (bicyclic) bond motifs is 1. The first kappa shape index (κ1) is 18.6. The van der Waals surface area contributed by atoms with E-state index >= 15 is 0 Å². The van der Waals surface area contributed by atoms with Crippen molar-refractivity contribution in [2.45, 2.75) is 12.5 Å². The Kier molecular flexibility index (Phi) is 5.11. The Morgan fingerprint density at radius 3 is 2.61 bits per heavy atom. The van der Waals surface area contributed by atoms with Crippen molar-refractivity contribution in [2.24, 2.45) is 0 Å². The van der Waals surface area contributed by atoms with E-state index in [0.29, 0.717) is 21.6 Å². The first-order valence-corrected chi connectivity index (χ1v) is 9.64. The molecular formula is C20H14ClF2N3OS. The second kappa shape index (κ2) is 7.69. The summed E-state index contributed by atoms with van der Waals surface area (Å²) in [5, 5.41) is 5.56. The SMILES string of the molecule is O=C(NC(c1ccc(Cl)cc1)c1cccs1)c1ccc2nc(C(F)F)[nH]c2c1. The maximum atomic E-state index is 12.9. The number of carbonyl (C=O) groups excluding carboxylic acids is 1. The van der Waals surface area contributed by atoms with Crippen molar-refractivity contribution >= 4 is 39.9 Å². The molecule has 4 nitrogen and oxygen atoms in total. The number of imidazole rings is 1. The lowest BCUT2D eigenvalue weighted by Gasteiger charge is -2.18. The first-order chi connectivity index (χ1) is 13.5. The van der Waals surface area contributed by atoms with Gasteiger partial charge in [-0.1, -0.05) is 29.8 Å². The highest BCUT2D eigenvalue weighted by Gasteiger charge is 2.20. The number of nitrogens with zero attached hydrogens (tertiary/aromatic N) is 1. The van der Waals surface area contributed by atoms with Crippen LogP contribution >= 0.6 is 22.9 Å². The lowest BCUT2D eigenvalue weighted by Crippen LogP contribution is -2.28. The predicted octanol–water partition coefficient (Wildman–Crippen LogP) is 5.73. The number of hydrogen-bond acceptors (Lipinski definition) is 3. The Labute approximate surface area is 168 Å². The second-order valence-electron chi connectivity index (χ2n) is 6.13. The van der Waals surface area contributed by atoms with Gasteiger partial charge in [-0.05, 0) is 47.3 Å². The van der Waals surface area contributed by atoms with E-state index in [0.717, 1.165) is 10.4 Å². The van der Waals surface area contributed by atoms with Crippen LogP contribution < -0.4 is 5.32 Å². The molecule has 4 rings (SSSR count). The number of amides is 1. The Morgan fingerprint density at radius 2 is 1.93 bits per heavy atom. The van der Waals surface area contributed by atoms with E-state index in [1.165, 1.54) is 17.4 Å². The van der Waals surface area contributed by atoms with Gasteiger partial charge in [-0.3, -0.25) is 4.79 Å². The van der Waals surface area contributed by atoms with Gasteiger partial charge in [-0.15, -0.1) is 11.3 Å². The van der Waals surface area contributed by atoms with Crippen LogP contribution in [0.3, 0.4) is 0 Å². The minimum absolute atomic E-state index is 0.316. The molecule has 2 heterocycles. The zero-order chi connectivity index (χ0) is 19.7. The van der Waals surface area contributed by atoms with Crippen LogP contribution in [0.1, 0.15) is 39.1 Å². The minimum atomic E-state index is -2.70. The highest BCUT2D eigenvalue weighted by Crippen LogP contribution is 2.28. The van der Waals surface area contributed by atoms with Gasteiger partial charge >= 0.3 is 0 Å². The molecule has 1 atom stereocenters. The summed E-state index contributed by atoms with van der Waals surface area (Å²) in [5.41, 5.74) is 2.02. The van der Waals surface area contributed by atoms with Crippen molar-refractivity contribution in [1.29, 1.82) is 0 Å². The molecule has 142 valence electrons. The molecule has 28 heavy (non-hydrogen) atoms. The van der Waals surface area contributed by atoms with Crippen LogP contribution in [0.25, 0.3) is 11.0 Å². The van der Waals surface area contributed by atoms with Crippen LogP contribution in [-0.2, 0) is 0 Å². The van der Waals surface area contributed by atoms with Crippen molar-refractivity contribution in [3.63, 3.8) is 0 Å². The molecule has 2 aromatic carbocycles. The van der Waals surface area contributed by atoms with Crippen LogP contribution in [0.5, 0.6) is 0 Å². The fourth-order valence-electron chi connectivity index (χ4n) is 2.92. The fourth-order valence-corrected chi connectivity index (χ4v) is 3.85. The molecule has 0 saturated heterocycles. The molecule has 8 heteroatoms. The smallest absolute Gasteiger partial charge is 0.295 e. The van der Waals surface area contributed by atoms with Crippen LogP contribution in [0.15, 0.2) is 60.0 Å². The molecule has 0 radical (unpaired) electrons. The molecule has 1 amide bonds. The molecule has 2 N–H and O–H groups in total. The Hall–Kier alpha value is -2.77. The van der Waals surface area contributed by atoms with Gasteiger partial charge in [0.1, 0.15) is 0 Å². The minimum Gasteiger partial charge on any atom is -0.340 e. The topological polar surface area (TPSA) is 57.8 Å². The van der Waals surface area contributed by atoms with Gasteiger partial charge in [-0.2, -0.15) is 0 Å². The van der Waals surface area contributed by atoms with E-state index < -0.39 is 12.2 Å². The molecular weight excluding hydrogens is 404 g/mol. The molecule has 0 fully saturated rings. The van der Waals surface area contributed by atoms with Crippen molar-refractivity contribution in [2.75, 3.05) is 0 Å². The molecule has 4 aromatic rings. The summed E-state index contributed by atoms with van der Waals surface area (Å²) in [7, 11) is 0. The number of nitrogens with one attached hydrogen (secondary N) is 2. The summed E-state index contributed by atoms with van der Waals surface area (Å²) in [5.74, 6) is -0.728. The predicted molar refractivity (Wildman–Crippen MR) is 106 cm³/mol. The zero-order valence-corrected chi connectivity index (χ0v) is 15.9. The number of rotatable bonds is 5.